The number of rotatable bonds is 8. The van der Waals surface area contributed by atoms with Crippen molar-refractivity contribution in [1.82, 2.24) is 5.43 Å². The van der Waals surface area contributed by atoms with Crippen LogP contribution in [0.3, 0.4) is 0 Å². The maximum Gasteiger partial charge on any atom is 0.238 e. The van der Waals surface area contributed by atoms with E-state index in [1.807, 2.05) is 24.3 Å². The van der Waals surface area contributed by atoms with Crippen molar-refractivity contribution in [3.05, 3.63) is 29.8 Å². The third-order valence-corrected chi connectivity index (χ3v) is 2.72. The van der Waals surface area contributed by atoms with Gasteiger partial charge in [-0.3, -0.25) is 10.2 Å². The van der Waals surface area contributed by atoms with Gasteiger partial charge in [-0.2, -0.15) is 0 Å². The van der Waals surface area contributed by atoms with E-state index in [-0.39, 0.29) is 5.91 Å². The summed E-state index contributed by atoms with van der Waals surface area (Å²) < 4.78 is 5.61. The zero-order valence-electron chi connectivity index (χ0n) is 10.9. The molecule has 0 saturated carbocycles. The molecule has 1 rings (SSSR count). The molecule has 0 fully saturated rings. The molecule has 1 aromatic rings. The van der Waals surface area contributed by atoms with Crippen LogP contribution in [0.15, 0.2) is 24.3 Å². The van der Waals surface area contributed by atoms with E-state index in [0.29, 0.717) is 6.42 Å². The lowest BCUT2D eigenvalue weighted by Gasteiger charge is -2.07. The van der Waals surface area contributed by atoms with Crippen LogP contribution < -0.4 is 16.0 Å². The maximum absolute atomic E-state index is 11.1. The van der Waals surface area contributed by atoms with Crippen molar-refractivity contribution >= 4 is 5.91 Å². The molecular weight excluding hydrogens is 228 g/mol. The minimum absolute atomic E-state index is 0.191. The van der Waals surface area contributed by atoms with Crippen LogP contribution in [0.5, 0.6) is 5.75 Å². The van der Waals surface area contributed by atoms with Crippen molar-refractivity contribution in [3.63, 3.8) is 0 Å². The standard InChI is InChI=1S/C14H22N2O2/c1-2-3-4-5-10-18-13-8-6-12(7-9-13)11-14(17)16-15/h6-9H,2-5,10-11,15H2,1H3,(H,16,17). The third-order valence-electron chi connectivity index (χ3n) is 2.72. The molecule has 0 spiro atoms. The predicted octanol–water partition coefficient (Wildman–Crippen LogP) is 2.18. The quantitative estimate of drug-likeness (QED) is 0.322. The number of hydrazine groups is 1. The molecule has 3 N–H and O–H groups in total. The molecule has 1 amide bonds. The van der Waals surface area contributed by atoms with Crippen LogP contribution in [0.1, 0.15) is 38.2 Å². The van der Waals surface area contributed by atoms with Crippen molar-refractivity contribution < 1.29 is 9.53 Å². The molecule has 0 aromatic heterocycles. The fourth-order valence-electron chi connectivity index (χ4n) is 1.66. The van der Waals surface area contributed by atoms with Crippen LogP contribution >= 0.6 is 0 Å². The first-order chi connectivity index (χ1) is 8.76. The first kappa shape index (κ1) is 14.5. The molecule has 0 radical (unpaired) electrons. The third kappa shape index (κ3) is 5.68. The number of amides is 1. The van der Waals surface area contributed by atoms with Gasteiger partial charge in [-0.1, -0.05) is 38.3 Å². The van der Waals surface area contributed by atoms with Crippen molar-refractivity contribution in [3.8, 4) is 5.75 Å². The summed E-state index contributed by atoms with van der Waals surface area (Å²) in [5.41, 5.74) is 3.04. The average Bonchev–Trinajstić information content (AvgIpc) is 2.40. The van der Waals surface area contributed by atoms with Gasteiger partial charge in [-0.15, -0.1) is 0 Å². The van der Waals surface area contributed by atoms with Crippen molar-refractivity contribution in [2.24, 2.45) is 5.84 Å². The van der Waals surface area contributed by atoms with Crippen LogP contribution in [0, 0.1) is 0 Å². The van der Waals surface area contributed by atoms with E-state index in [4.69, 9.17) is 10.6 Å². The number of benzene rings is 1. The predicted molar refractivity (Wildman–Crippen MR) is 72.1 cm³/mol. The first-order valence-corrected chi connectivity index (χ1v) is 6.47. The molecule has 0 bridgehead atoms. The van der Waals surface area contributed by atoms with Gasteiger partial charge >= 0.3 is 0 Å². The van der Waals surface area contributed by atoms with Gasteiger partial charge in [0, 0.05) is 0 Å². The number of carbonyl (C=O) groups excluding carboxylic acids is 1. The molecule has 0 aliphatic rings. The van der Waals surface area contributed by atoms with Gasteiger partial charge in [0.05, 0.1) is 13.0 Å². The van der Waals surface area contributed by atoms with Gasteiger partial charge in [-0.25, -0.2) is 5.84 Å². The van der Waals surface area contributed by atoms with Gasteiger partial charge in [0.15, 0.2) is 0 Å². The molecule has 4 heteroatoms. The van der Waals surface area contributed by atoms with Crippen molar-refractivity contribution in [2.45, 2.75) is 39.0 Å². The number of nitrogens with one attached hydrogen (secondary N) is 1. The van der Waals surface area contributed by atoms with Crippen molar-refractivity contribution in [2.75, 3.05) is 6.61 Å². The molecule has 4 nitrogen and oxygen atoms in total. The minimum atomic E-state index is -0.191. The molecule has 0 heterocycles. The van der Waals surface area contributed by atoms with Gasteiger partial charge < -0.3 is 4.74 Å². The zero-order valence-corrected chi connectivity index (χ0v) is 10.9. The Hall–Kier alpha value is -1.55. The molecule has 1 aromatic carbocycles. The summed E-state index contributed by atoms with van der Waals surface area (Å²) in [4.78, 5) is 11.1. The molecule has 18 heavy (non-hydrogen) atoms. The van der Waals surface area contributed by atoms with E-state index in [1.54, 1.807) is 0 Å². The lowest BCUT2D eigenvalue weighted by molar-refractivity contribution is -0.120. The van der Waals surface area contributed by atoms with Crippen LogP contribution in [0.25, 0.3) is 0 Å². The smallest absolute Gasteiger partial charge is 0.238 e. The van der Waals surface area contributed by atoms with Crippen LogP contribution in [-0.2, 0) is 11.2 Å². The highest BCUT2D eigenvalue weighted by atomic mass is 16.5. The summed E-state index contributed by atoms with van der Waals surface area (Å²) in [6, 6.07) is 7.55. The topological polar surface area (TPSA) is 64.3 Å². The molecule has 0 saturated heterocycles. The largest absolute Gasteiger partial charge is 0.494 e. The summed E-state index contributed by atoms with van der Waals surface area (Å²) in [6.45, 7) is 2.94. The van der Waals surface area contributed by atoms with E-state index in [9.17, 15) is 4.79 Å². The first-order valence-electron chi connectivity index (χ1n) is 6.47. The Morgan fingerprint density at radius 3 is 2.56 bits per heavy atom. The Morgan fingerprint density at radius 2 is 1.94 bits per heavy atom. The Labute approximate surface area is 108 Å². The van der Waals surface area contributed by atoms with Gasteiger partial charge in [0.25, 0.3) is 0 Å². The fraction of sp³-hybridized carbons (Fsp3) is 0.500. The second-order valence-electron chi connectivity index (χ2n) is 4.30. The van der Waals surface area contributed by atoms with Crippen LogP contribution in [-0.4, -0.2) is 12.5 Å². The van der Waals surface area contributed by atoms with E-state index in [0.717, 1.165) is 24.3 Å². The molecular formula is C14H22N2O2. The van der Waals surface area contributed by atoms with E-state index in [2.05, 4.69) is 12.3 Å². The molecule has 0 unspecified atom stereocenters. The molecule has 100 valence electrons. The highest BCUT2D eigenvalue weighted by molar-refractivity contribution is 5.77. The number of ether oxygens (including phenoxy) is 1. The van der Waals surface area contributed by atoms with Crippen molar-refractivity contribution in [1.29, 1.82) is 0 Å². The van der Waals surface area contributed by atoms with Gasteiger partial charge in [0.2, 0.25) is 5.91 Å². The zero-order chi connectivity index (χ0) is 13.2. The van der Waals surface area contributed by atoms with Gasteiger partial charge in [-0.05, 0) is 24.1 Å². The van der Waals surface area contributed by atoms with Gasteiger partial charge in [0.1, 0.15) is 5.75 Å². The Kier molecular flexibility index (Phi) is 6.87. The summed E-state index contributed by atoms with van der Waals surface area (Å²) in [6.07, 6.45) is 5.10. The monoisotopic (exact) mass is 250 g/mol. The highest BCUT2D eigenvalue weighted by Crippen LogP contribution is 2.13. The van der Waals surface area contributed by atoms with E-state index < -0.39 is 0 Å². The lowest BCUT2D eigenvalue weighted by Crippen LogP contribution is -2.31. The second-order valence-corrected chi connectivity index (χ2v) is 4.30. The maximum atomic E-state index is 11.1. The number of nitrogens with two attached hydrogens (primary N) is 1. The van der Waals surface area contributed by atoms with E-state index >= 15 is 0 Å². The number of carbonyl (C=O) groups is 1. The Morgan fingerprint density at radius 1 is 1.22 bits per heavy atom. The Balaban J connectivity index is 2.29. The normalized spacial score (nSPS) is 10.1. The summed E-state index contributed by atoms with van der Waals surface area (Å²) in [5.74, 6) is 5.69. The lowest BCUT2D eigenvalue weighted by atomic mass is 10.1. The number of unbranched alkanes of at least 4 members (excludes halogenated alkanes) is 3. The molecule has 0 aliphatic heterocycles. The van der Waals surface area contributed by atoms with E-state index in [1.165, 1.54) is 19.3 Å². The second kappa shape index (κ2) is 8.53. The molecule has 0 aliphatic carbocycles. The van der Waals surface area contributed by atoms with Crippen LogP contribution in [0.2, 0.25) is 0 Å². The number of hydrogen-bond acceptors (Lipinski definition) is 3. The molecule has 0 atom stereocenters. The Bertz CT molecular complexity index is 349. The summed E-state index contributed by atoms with van der Waals surface area (Å²) in [5, 5.41) is 0. The summed E-state index contributed by atoms with van der Waals surface area (Å²) >= 11 is 0. The SMILES string of the molecule is CCCCCCOc1ccc(CC(=O)NN)cc1. The fourth-order valence-corrected chi connectivity index (χ4v) is 1.66. The average molecular weight is 250 g/mol. The minimum Gasteiger partial charge on any atom is -0.494 e. The summed E-state index contributed by atoms with van der Waals surface area (Å²) in [7, 11) is 0. The highest BCUT2D eigenvalue weighted by Gasteiger charge is 2.01. The number of hydrogen-bond donors (Lipinski definition) is 2. The van der Waals surface area contributed by atoms with Crippen LogP contribution in [0.4, 0.5) is 0 Å².